The van der Waals surface area contributed by atoms with Gasteiger partial charge in [0.15, 0.2) is 5.78 Å². The van der Waals surface area contributed by atoms with E-state index in [4.69, 9.17) is 0 Å². The van der Waals surface area contributed by atoms with Gasteiger partial charge in [-0.3, -0.25) is 9.59 Å². The van der Waals surface area contributed by atoms with E-state index >= 15 is 0 Å². The van der Waals surface area contributed by atoms with Crippen LogP contribution in [0, 0.1) is 0 Å². The van der Waals surface area contributed by atoms with Crippen molar-refractivity contribution in [3.63, 3.8) is 0 Å². The van der Waals surface area contributed by atoms with Gasteiger partial charge in [0, 0.05) is 29.9 Å². The van der Waals surface area contributed by atoms with Gasteiger partial charge in [0.05, 0.1) is 11.3 Å². The number of piperidine rings is 1. The summed E-state index contributed by atoms with van der Waals surface area (Å²) in [6.45, 7) is 1.11. The van der Waals surface area contributed by atoms with Crippen LogP contribution < -0.4 is 5.32 Å². The van der Waals surface area contributed by atoms with Crippen LogP contribution in [-0.4, -0.2) is 37.5 Å². The largest absolute Gasteiger partial charge is 0.326 e. The van der Waals surface area contributed by atoms with Gasteiger partial charge < -0.3 is 5.32 Å². The molecule has 3 aromatic carbocycles. The molecule has 7 heteroatoms. The molecule has 0 saturated carbocycles. The van der Waals surface area contributed by atoms with Crippen molar-refractivity contribution >= 4 is 27.4 Å². The summed E-state index contributed by atoms with van der Waals surface area (Å²) in [6.07, 6.45) is 2.93. The molecule has 0 spiro atoms. The highest BCUT2D eigenvalue weighted by Gasteiger charge is 2.25. The molecule has 1 N–H and O–H groups in total. The molecule has 3 aromatic rings. The topological polar surface area (TPSA) is 83.6 Å². The molecule has 0 unspecified atom stereocenters. The molecule has 0 aromatic heterocycles. The number of anilines is 1. The molecule has 1 aliphatic heterocycles. The summed E-state index contributed by atoms with van der Waals surface area (Å²) in [5.41, 5.74) is 2.32. The van der Waals surface area contributed by atoms with E-state index in [1.807, 2.05) is 18.2 Å². The molecule has 1 aliphatic rings. The van der Waals surface area contributed by atoms with Gasteiger partial charge in [0.2, 0.25) is 15.9 Å². The second-order valence-electron chi connectivity index (χ2n) is 8.11. The first kappa shape index (κ1) is 22.9. The molecule has 6 nitrogen and oxygen atoms in total. The Balaban J connectivity index is 1.39. The number of hydrogen-bond donors (Lipinski definition) is 1. The van der Waals surface area contributed by atoms with Gasteiger partial charge in [-0.25, -0.2) is 8.42 Å². The van der Waals surface area contributed by atoms with Crippen molar-refractivity contribution in [1.29, 1.82) is 0 Å². The Bertz CT molecular complexity index is 1230. The summed E-state index contributed by atoms with van der Waals surface area (Å²) >= 11 is 0. The van der Waals surface area contributed by atoms with Crippen LogP contribution in [0.5, 0.6) is 0 Å². The van der Waals surface area contributed by atoms with Crippen molar-refractivity contribution in [2.75, 3.05) is 18.4 Å². The van der Waals surface area contributed by atoms with E-state index in [2.05, 4.69) is 5.32 Å². The molecule has 4 rings (SSSR count). The van der Waals surface area contributed by atoms with Crippen LogP contribution >= 0.6 is 0 Å². The predicted molar refractivity (Wildman–Crippen MR) is 128 cm³/mol. The lowest BCUT2D eigenvalue weighted by molar-refractivity contribution is -0.115. The zero-order valence-corrected chi connectivity index (χ0v) is 19.1. The zero-order valence-electron chi connectivity index (χ0n) is 18.2. The van der Waals surface area contributed by atoms with Gasteiger partial charge in [-0.1, -0.05) is 61.0 Å². The first-order valence-corrected chi connectivity index (χ1v) is 12.5. The Kier molecular flexibility index (Phi) is 7.01. The third-order valence-corrected chi connectivity index (χ3v) is 7.60. The van der Waals surface area contributed by atoms with Gasteiger partial charge in [-0.2, -0.15) is 4.31 Å². The molecule has 1 heterocycles. The van der Waals surface area contributed by atoms with Gasteiger partial charge >= 0.3 is 0 Å². The number of nitrogens with zero attached hydrogens (tertiary/aromatic N) is 1. The van der Waals surface area contributed by atoms with E-state index in [-0.39, 0.29) is 23.0 Å². The summed E-state index contributed by atoms with van der Waals surface area (Å²) < 4.78 is 27.1. The Morgan fingerprint density at radius 3 is 2.15 bits per heavy atom. The highest BCUT2D eigenvalue weighted by atomic mass is 32.2. The molecule has 1 amide bonds. The van der Waals surface area contributed by atoms with E-state index in [1.165, 1.54) is 4.31 Å². The van der Waals surface area contributed by atoms with E-state index in [1.54, 1.807) is 60.7 Å². The molecule has 0 radical (unpaired) electrons. The number of rotatable bonds is 7. The number of carbonyl (C=O) groups is 2. The lowest BCUT2D eigenvalue weighted by Gasteiger charge is -2.25. The molecular weight excluding hydrogens is 436 g/mol. The maximum absolute atomic E-state index is 12.8. The minimum atomic E-state index is -3.49. The van der Waals surface area contributed by atoms with Crippen LogP contribution in [0.1, 0.15) is 40.7 Å². The van der Waals surface area contributed by atoms with Crippen LogP contribution in [0.25, 0.3) is 0 Å². The maximum Gasteiger partial charge on any atom is 0.243 e. The SMILES string of the molecule is O=C(Cc1ccc(S(=O)(=O)N2CCCCC2)cc1)Nc1cccc(C(=O)c2ccccc2)c1. The van der Waals surface area contributed by atoms with Crippen molar-refractivity contribution in [2.24, 2.45) is 0 Å². The number of benzene rings is 3. The number of hydrogen-bond acceptors (Lipinski definition) is 4. The number of amides is 1. The summed E-state index contributed by atoms with van der Waals surface area (Å²) in [5.74, 6) is -0.358. The van der Waals surface area contributed by atoms with E-state index in [0.717, 1.165) is 19.3 Å². The smallest absolute Gasteiger partial charge is 0.243 e. The molecule has 0 aliphatic carbocycles. The second kappa shape index (κ2) is 10.1. The van der Waals surface area contributed by atoms with Gasteiger partial charge in [-0.05, 0) is 42.7 Å². The predicted octanol–water partition coefficient (Wildman–Crippen LogP) is 4.27. The standard InChI is InChI=1S/C26H26N2O4S/c29-25(27-23-11-7-10-22(19-23)26(30)21-8-3-1-4-9-21)18-20-12-14-24(15-13-20)33(31,32)28-16-5-2-6-17-28/h1,3-4,7-15,19H,2,5-6,16-18H2,(H,27,29). The number of ketones is 1. The molecular formula is C26H26N2O4S. The van der Waals surface area contributed by atoms with Crippen LogP contribution in [0.3, 0.4) is 0 Å². The Morgan fingerprint density at radius 2 is 1.45 bits per heavy atom. The maximum atomic E-state index is 12.8. The van der Waals surface area contributed by atoms with Crippen molar-refractivity contribution < 1.29 is 18.0 Å². The summed E-state index contributed by atoms with van der Waals surface area (Å²) in [5, 5.41) is 2.82. The highest BCUT2D eigenvalue weighted by molar-refractivity contribution is 7.89. The van der Waals surface area contributed by atoms with Crippen LogP contribution in [0.15, 0.2) is 83.8 Å². The van der Waals surface area contributed by atoms with Crippen molar-refractivity contribution in [3.8, 4) is 0 Å². The minimum Gasteiger partial charge on any atom is -0.326 e. The second-order valence-corrected chi connectivity index (χ2v) is 10.0. The normalized spacial score (nSPS) is 14.5. The third-order valence-electron chi connectivity index (χ3n) is 5.69. The van der Waals surface area contributed by atoms with E-state index < -0.39 is 10.0 Å². The van der Waals surface area contributed by atoms with Gasteiger partial charge in [-0.15, -0.1) is 0 Å². The fourth-order valence-corrected chi connectivity index (χ4v) is 5.44. The number of nitrogens with one attached hydrogen (secondary N) is 1. The van der Waals surface area contributed by atoms with Crippen LogP contribution in [0.4, 0.5) is 5.69 Å². The first-order valence-electron chi connectivity index (χ1n) is 11.0. The van der Waals surface area contributed by atoms with Crippen molar-refractivity contribution in [2.45, 2.75) is 30.6 Å². The van der Waals surface area contributed by atoms with Crippen LogP contribution in [0.2, 0.25) is 0 Å². The average Bonchev–Trinajstić information content (AvgIpc) is 2.85. The monoisotopic (exact) mass is 462 g/mol. The minimum absolute atomic E-state index is 0.0981. The average molecular weight is 463 g/mol. The van der Waals surface area contributed by atoms with Crippen molar-refractivity contribution in [1.82, 2.24) is 4.31 Å². The Hall–Kier alpha value is -3.29. The van der Waals surface area contributed by atoms with Crippen LogP contribution in [-0.2, 0) is 21.2 Å². The lowest BCUT2D eigenvalue weighted by Crippen LogP contribution is -2.35. The number of carbonyl (C=O) groups excluding carboxylic acids is 2. The third kappa shape index (κ3) is 5.56. The zero-order chi connectivity index (χ0) is 23.3. The molecule has 0 atom stereocenters. The molecule has 33 heavy (non-hydrogen) atoms. The first-order chi connectivity index (χ1) is 15.9. The molecule has 170 valence electrons. The molecule has 1 saturated heterocycles. The quantitative estimate of drug-likeness (QED) is 0.532. The summed E-state index contributed by atoms with van der Waals surface area (Å²) in [4.78, 5) is 25.4. The fraction of sp³-hybridized carbons (Fsp3) is 0.231. The number of sulfonamides is 1. The lowest BCUT2D eigenvalue weighted by atomic mass is 10.0. The van der Waals surface area contributed by atoms with Crippen molar-refractivity contribution in [3.05, 3.63) is 95.6 Å². The molecule has 1 fully saturated rings. The van der Waals surface area contributed by atoms with Gasteiger partial charge in [0.1, 0.15) is 0 Å². The van der Waals surface area contributed by atoms with E-state index in [9.17, 15) is 18.0 Å². The molecule has 0 bridgehead atoms. The Labute approximate surface area is 194 Å². The summed E-state index contributed by atoms with van der Waals surface area (Å²) in [7, 11) is -3.49. The Morgan fingerprint density at radius 1 is 0.788 bits per heavy atom. The fourth-order valence-electron chi connectivity index (χ4n) is 3.92. The summed E-state index contributed by atoms with van der Waals surface area (Å²) in [6, 6.07) is 22.3. The highest BCUT2D eigenvalue weighted by Crippen LogP contribution is 2.21. The van der Waals surface area contributed by atoms with E-state index in [0.29, 0.717) is 35.5 Å². The van der Waals surface area contributed by atoms with Gasteiger partial charge in [0.25, 0.3) is 0 Å².